The van der Waals surface area contributed by atoms with E-state index in [0.717, 1.165) is 18.4 Å². The summed E-state index contributed by atoms with van der Waals surface area (Å²) in [5, 5.41) is 17.2. The van der Waals surface area contributed by atoms with Crippen LogP contribution in [0.2, 0.25) is 0 Å². The molecule has 1 atom stereocenters. The molecule has 0 aromatic heterocycles. The average Bonchev–Trinajstić information content (AvgIpc) is 2.02. The van der Waals surface area contributed by atoms with E-state index in [2.05, 4.69) is 0 Å². The summed E-state index contributed by atoms with van der Waals surface area (Å²) in [5.74, 6) is -3.07. The molecule has 4 nitrogen and oxygen atoms in total. The van der Waals surface area contributed by atoms with Crippen molar-refractivity contribution in [2.24, 2.45) is 5.92 Å². The van der Waals surface area contributed by atoms with Gasteiger partial charge in [0.15, 0.2) is 0 Å². The van der Waals surface area contributed by atoms with E-state index in [9.17, 15) is 9.59 Å². The summed E-state index contributed by atoms with van der Waals surface area (Å²) in [6, 6.07) is 0. The van der Waals surface area contributed by atoms with Gasteiger partial charge < -0.3 is 10.2 Å². The van der Waals surface area contributed by atoms with Crippen LogP contribution in [0.1, 0.15) is 33.1 Å². The van der Waals surface area contributed by atoms with Crippen LogP contribution in [0.4, 0.5) is 0 Å². The predicted molar refractivity (Wildman–Crippen MR) is 52.0 cm³/mol. The quantitative estimate of drug-likeness (QED) is 0.642. The molecule has 0 amide bonds. The third-order valence-electron chi connectivity index (χ3n) is 1.84. The summed E-state index contributed by atoms with van der Waals surface area (Å²) in [7, 11) is 0. The first kappa shape index (κ1) is 12.7. The van der Waals surface area contributed by atoms with E-state index in [-0.39, 0.29) is 6.42 Å². The Balaban J connectivity index is 4.43. The highest BCUT2D eigenvalue weighted by molar-refractivity contribution is 5.79. The van der Waals surface area contributed by atoms with Crippen LogP contribution >= 0.6 is 0 Å². The van der Waals surface area contributed by atoms with Crippen LogP contribution in [0.25, 0.3) is 0 Å². The lowest BCUT2D eigenvalue weighted by Crippen LogP contribution is -2.15. The van der Waals surface area contributed by atoms with E-state index in [1.54, 1.807) is 0 Å². The summed E-state index contributed by atoms with van der Waals surface area (Å²) in [5.41, 5.74) is 0.932. The maximum Gasteiger partial charge on any atom is 0.310 e. The Hall–Kier alpha value is -1.32. The minimum atomic E-state index is -1.09. The van der Waals surface area contributed by atoms with Crippen molar-refractivity contribution in [1.82, 2.24) is 0 Å². The molecular weight excluding hydrogens is 184 g/mol. The van der Waals surface area contributed by atoms with Crippen molar-refractivity contribution in [3.63, 3.8) is 0 Å². The van der Waals surface area contributed by atoms with E-state index in [1.165, 1.54) is 6.08 Å². The number of carbonyl (C=O) groups is 2. The molecule has 0 aliphatic carbocycles. The van der Waals surface area contributed by atoms with Crippen LogP contribution < -0.4 is 0 Å². The molecule has 0 aromatic rings. The van der Waals surface area contributed by atoms with Gasteiger partial charge in [0.1, 0.15) is 0 Å². The summed E-state index contributed by atoms with van der Waals surface area (Å²) in [6.45, 7) is 3.81. The summed E-state index contributed by atoms with van der Waals surface area (Å²) >= 11 is 0. The predicted octanol–water partition coefficient (Wildman–Crippen LogP) is 1.91. The number of aliphatic carboxylic acids is 2. The van der Waals surface area contributed by atoms with E-state index < -0.39 is 17.9 Å². The molecule has 0 saturated carbocycles. The Morgan fingerprint density at radius 1 is 1.36 bits per heavy atom. The van der Waals surface area contributed by atoms with Gasteiger partial charge in [-0.2, -0.15) is 0 Å². The molecule has 0 heterocycles. The van der Waals surface area contributed by atoms with Gasteiger partial charge in [0.05, 0.1) is 12.3 Å². The van der Waals surface area contributed by atoms with Gasteiger partial charge in [0.2, 0.25) is 0 Å². The second-order valence-corrected chi connectivity index (χ2v) is 3.31. The van der Waals surface area contributed by atoms with E-state index in [1.807, 2.05) is 13.8 Å². The highest BCUT2D eigenvalue weighted by atomic mass is 16.4. The minimum Gasteiger partial charge on any atom is -0.481 e. The van der Waals surface area contributed by atoms with Crippen molar-refractivity contribution in [2.75, 3.05) is 0 Å². The Kier molecular flexibility index (Phi) is 5.60. The maximum absolute atomic E-state index is 10.7. The van der Waals surface area contributed by atoms with E-state index >= 15 is 0 Å². The molecule has 4 heteroatoms. The van der Waals surface area contributed by atoms with Crippen molar-refractivity contribution in [2.45, 2.75) is 33.1 Å². The van der Waals surface area contributed by atoms with Gasteiger partial charge in [-0.15, -0.1) is 0 Å². The molecule has 0 aromatic carbocycles. The zero-order valence-electron chi connectivity index (χ0n) is 8.49. The number of hydrogen-bond donors (Lipinski definition) is 2. The van der Waals surface area contributed by atoms with Crippen molar-refractivity contribution < 1.29 is 19.8 Å². The highest BCUT2D eigenvalue weighted by Crippen LogP contribution is 2.12. The van der Waals surface area contributed by atoms with Crippen LogP contribution in [-0.2, 0) is 9.59 Å². The van der Waals surface area contributed by atoms with Crippen LogP contribution in [0.3, 0.4) is 0 Å². The van der Waals surface area contributed by atoms with Crippen molar-refractivity contribution >= 4 is 11.9 Å². The average molecular weight is 200 g/mol. The van der Waals surface area contributed by atoms with E-state index in [4.69, 9.17) is 10.2 Å². The molecule has 0 spiro atoms. The fraction of sp³-hybridized carbons (Fsp3) is 0.600. The monoisotopic (exact) mass is 200 g/mol. The number of allylic oxidation sites excluding steroid dienone is 1. The van der Waals surface area contributed by atoms with Crippen molar-refractivity contribution in [3.05, 3.63) is 11.6 Å². The number of rotatable bonds is 6. The fourth-order valence-electron chi connectivity index (χ4n) is 1.23. The van der Waals surface area contributed by atoms with Gasteiger partial charge >= 0.3 is 11.9 Å². The zero-order valence-corrected chi connectivity index (χ0v) is 8.49. The second kappa shape index (κ2) is 6.18. The largest absolute Gasteiger partial charge is 0.481 e. The molecule has 14 heavy (non-hydrogen) atoms. The Morgan fingerprint density at radius 2 is 1.93 bits per heavy atom. The lowest BCUT2D eigenvalue weighted by atomic mass is 10.0. The molecule has 0 fully saturated rings. The minimum absolute atomic E-state index is 0.351. The number of hydrogen-bond acceptors (Lipinski definition) is 2. The second-order valence-electron chi connectivity index (χ2n) is 3.31. The van der Waals surface area contributed by atoms with Crippen LogP contribution in [0.15, 0.2) is 11.6 Å². The first-order valence-corrected chi connectivity index (χ1v) is 4.59. The van der Waals surface area contributed by atoms with Gasteiger partial charge in [0, 0.05) is 0 Å². The van der Waals surface area contributed by atoms with Gasteiger partial charge in [0.25, 0.3) is 0 Å². The Morgan fingerprint density at radius 3 is 2.29 bits per heavy atom. The first-order chi connectivity index (χ1) is 6.47. The standard InChI is InChI=1S/C10H16O4/c1-3-4-7(2)5-8(10(13)14)6-9(11)12/h5,8H,3-4,6H2,1-2H3,(H,11,12)(H,13,14). The highest BCUT2D eigenvalue weighted by Gasteiger charge is 2.18. The van der Waals surface area contributed by atoms with Crippen LogP contribution in [0.5, 0.6) is 0 Å². The topological polar surface area (TPSA) is 74.6 Å². The molecule has 0 aliphatic rings. The molecule has 0 aliphatic heterocycles. The summed E-state index contributed by atoms with van der Waals surface area (Å²) in [4.78, 5) is 21.0. The molecule has 0 saturated heterocycles. The Bertz CT molecular complexity index is 243. The zero-order chi connectivity index (χ0) is 11.1. The van der Waals surface area contributed by atoms with Crippen molar-refractivity contribution in [3.8, 4) is 0 Å². The number of carboxylic acid groups (broad SMARTS) is 2. The lowest BCUT2D eigenvalue weighted by Gasteiger charge is -2.06. The molecule has 2 N–H and O–H groups in total. The normalized spacial score (nSPS) is 13.7. The van der Waals surface area contributed by atoms with Gasteiger partial charge in [-0.25, -0.2) is 0 Å². The maximum atomic E-state index is 10.7. The SMILES string of the molecule is CCCC(C)=CC(CC(=O)O)C(=O)O. The molecular formula is C10H16O4. The van der Waals surface area contributed by atoms with Crippen LogP contribution in [0, 0.1) is 5.92 Å². The van der Waals surface area contributed by atoms with Gasteiger partial charge in [-0.3, -0.25) is 9.59 Å². The summed E-state index contributed by atoms with van der Waals surface area (Å²) in [6.07, 6.45) is 2.92. The third-order valence-corrected chi connectivity index (χ3v) is 1.84. The third kappa shape index (κ3) is 5.35. The van der Waals surface area contributed by atoms with Crippen LogP contribution in [-0.4, -0.2) is 22.2 Å². The molecule has 0 bridgehead atoms. The first-order valence-electron chi connectivity index (χ1n) is 4.59. The van der Waals surface area contributed by atoms with E-state index in [0.29, 0.717) is 0 Å². The lowest BCUT2D eigenvalue weighted by molar-refractivity contribution is -0.146. The summed E-state index contributed by atoms with van der Waals surface area (Å²) < 4.78 is 0. The molecule has 0 rings (SSSR count). The van der Waals surface area contributed by atoms with Gasteiger partial charge in [-0.05, 0) is 13.3 Å². The fourth-order valence-corrected chi connectivity index (χ4v) is 1.23. The number of carboxylic acids is 2. The van der Waals surface area contributed by atoms with Gasteiger partial charge in [-0.1, -0.05) is 25.0 Å². The smallest absolute Gasteiger partial charge is 0.310 e. The van der Waals surface area contributed by atoms with Crippen molar-refractivity contribution in [1.29, 1.82) is 0 Å². The molecule has 1 unspecified atom stereocenters. The molecule has 80 valence electrons. The Labute approximate surface area is 83.2 Å². The molecule has 0 radical (unpaired) electrons.